The molecule has 0 aliphatic heterocycles. The van der Waals surface area contributed by atoms with Gasteiger partial charge in [-0.25, -0.2) is 0 Å². The fourth-order valence-electron chi connectivity index (χ4n) is 0.925. The lowest BCUT2D eigenvalue weighted by atomic mass is 10.2. The molecule has 0 saturated carbocycles. The van der Waals surface area contributed by atoms with E-state index in [-0.39, 0.29) is 10.6 Å². The van der Waals surface area contributed by atoms with Crippen molar-refractivity contribution in [2.24, 2.45) is 0 Å². The highest BCUT2D eigenvalue weighted by Crippen LogP contribution is 2.25. The monoisotopic (exact) mass is 348 g/mol. The summed E-state index contributed by atoms with van der Waals surface area (Å²) in [6.07, 6.45) is 0. The van der Waals surface area contributed by atoms with Gasteiger partial charge in [0.05, 0.1) is 10.6 Å². The molecule has 0 atom stereocenters. The van der Waals surface area contributed by atoms with Crippen molar-refractivity contribution in [2.45, 2.75) is 3.79 Å². The Bertz CT molecular complexity index is 486. The van der Waals surface area contributed by atoms with Crippen molar-refractivity contribution in [3.63, 3.8) is 0 Å². The van der Waals surface area contributed by atoms with E-state index in [0.29, 0.717) is 5.02 Å². The first-order chi connectivity index (χ1) is 8.21. The average Bonchev–Trinajstić information content (AvgIpc) is 2.24. The molecule has 4 nitrogen and oxygen atoms in total. The smallest absolute Gasteiger partial charge is 0.268 e. The summed E-state index contributed by atoms with van der Waals surface area (Å²) in [6, 6.07) is 4.25. The zero-order chi connectivity index (χ0) is 13.9. The highest BCUT2D eigenvalue weighted by atomic mass is 35.6. The maximum Gasteiger partial charge on any atom is 0.290 e. The normalized spacial score (nSPS) is 10.9. The topological polar surface area (TPSA) is 58.2 Å². The molecular formula is C9H5Cl5N2O2. The van der Waals surface area contributed by atoms with Crippen molar-refractivity contribution >= 4 is 69.8 Å². The molecule has 0 unspecified atom stereocenters. The van der Waals surface area contributed by atoms with Gasteiger partial charge in [-0.2, -0.15) is 0 Å². The molecule has 1 rings (SSSR count). The van der Waals surface area contributed by atoms with Crippen LogP contribution in [0.25, 0.3) is 0 Å². The fourth-order valence-corrected chi connectivity index (χ4v) is 1.56. The lowest BCUT2D eigenvalue weighted by Gasteiger charge is -2.12. The lowest BCUT2D eigenvalue weighted by Crippen LogP contribution is -2.46. The third-order valence-electron chi connectivity index (χ3n) is 1.72. The van der Waals surface area contributed by atoms with Crippen LogP contribution in [0.4, 0.5) is 0 Å². The second kappa shape index (κ2) is 6.17. The van der Waals surface area contributed by atoms with Gasteiger partial charge in [-0.3, -0.25) is 20.4 Å². The molecule has 0 aromatic heterocycles. The Morgan fingerprint density at radius 3 is 2.17 bits per heavy atom. The molecular weight excluding hydrogens is 345 g/mol. The number of hydrazine groups is 1. The molecule has 18 heavy (non-hydrogen) atoms. The van der Waals surface area contributed by atoms with Gasteiger partial charge in [0.15, 0.2) is 0 Å². The van der Waals surface area contributed by atoms with Crippen molar-refractivity contribution in [3.05, 3.63) is 33.8 Å². The molecule has 2 amide bonds. The van der Waals surface area contributed by atoms with E-state index in [4.69, 9.17) is 58.0 Å². The van der Waals surface area contributed by atoms with Crippen LogP contribution in [0.15, 0.2) is 18.2 Å². The summed E-state index contributed by atoms with van der Waals surface area (Å²) in [6.45, 7) is 0. The van der Waals surface area contributed by atoms with E-state index in [9.17, 15) is 9.59 Å². The largest absolute Gasteiger partial charge is 0.290 e. The van der Waals surface area contributed by atoms with E-state index in [1.165, 1.54) is 18.2 Å². The molecule has 1 aromatic rings. The minimum Gasteiger partial charge on any atom is -0.268 e. The first-order valence-corrected chi connectivity index (χ1v) is 6.23. The Labute approximate surface area is 127 Å². The first-order valence-electron chi connectivity index (χ1n) is 4.34. The van der Waals surface area contributed by atoms with Crippen LogP contribution in [0.2, 0.25) is 10.0 Å². The molecule has 0 heterocycles. The summed E-state index contributed by atoms with van der Waals surface area (Å²) < 4.78 is -2.17. The molecule has 0 fully saturated rings. The Balaban J connectivity index is 2.70. The maximum absolute atomic E-state index is 11.6. The molecule has 2 N–H and O–H groups in total. The van der Waals surface area contributed by atoms with Crippen molar-refractivity contribution < 1.29 is 9.59 Å². The van der Waals surface area contributed by atoms with Gasteiger partial charge in [0.2, 0.25) is 0 Å². The number of halogens is 5. The van der Waals surface area contributed by atoms with E-state index in [0.717, 1.165) is 0 Å². The Morgan fingerprint density at radius 2 is 1.67 bits per heavy atom. The molecule has 0 aliphatic rings. The summed E-state index contributed by atoms with van der Waals surface area (Å²) in [5, 5.41) is 0.505. The molecule has 0 saturated heterocycles. The molecule has 0 bridgehead atoms. The summed E-state index contributed by atoms with van der Waals surface area (Å²) in [7, 11) is 0. The Kier molecular flexibility index (Phi) is 5.37. The highest BCUT2D eigenvalue weighted by Gasteiger charge is 2.31. The number of carbonyl (C=O) groups is 2. The second-order valence-electron chi connectivity index (χ2n) is 3.03. The minimum atomic E-state index is -2.17. The fraction of sp³-hybridized carbons (Fsp3) is 0.111. The average molecular weight is 350 g/mol. The van der Waals surface area contributed by atoms with Crippen LogP contribution in [0.3, 0.4) is 0 Å². The third-order valence-corrected chi connectivity index (χ3v) is 2.79. The van der Waals surface area contributed by atoms with Crippen LogP contribution in [0.5, 0.6) is 0 Å². The molecule has 0 spiro atoms. The summed E-state index contributed by atoms with van der Waals surface area (Å²) in [5.41, 5.74) is 4.10. The van der Waals surface area contributed by atoms with Crippen molar-refractivity contribution in [2.75, 3.05) is 0 Å². The van der Waals surface area contributed by atoms with E-state index in [1.54, 1.807) is 0 Å². The second-order valence-corrected chi connectivity index (χ2v) is 6.16. The van der Waals surface area contributed by atoms with Gasteiger partial charge in [-0.1, -0.05) is 58.0 Å². The zero-order valence-corrected chi connectivity index (χ0v) is 12.2. The first kappa shape index (κ1) is 15.7. The molecule has 0 aliphatic carbocycles. The van der Waals surface area contributed by atoms with E-state index < -0.39 is 15.6 Å². The van der Waals surface area contributed by atoms with Crippen LogP contribution < -0.4 is 10.9 Å². The zero-order valence-electron chi connectivity index (χ0n) is 8.44. The van der Waals surface area contributed by atoms with Crippen LogP contribution in [0, 0.1) is 0 Å². The number of nitrogens with one attached hydrogen (secondary N) is 2. The van der Waals surface area contributed by atoms with Gasteiger partial charge < -0.3 is 0 Å². The molecule has 0 radical (unpaired) electrons. The van der Waals surface area contributed by atoms with Crippen molar-refractivity contribution in [1.29, 1.82) is 0 Å². The molecule has 9 heteroatoms. The molecule has 98 valence electrons. The van der Waals surface area contributed by atoms with Crippen LogP contribution in [0.1, 0.15) is 10.4 Å². The van der Waals surface area contributed by atoms with Crippen LogP contribution >= 0.6 is 58.0 Å². The van der Waals surface area contributed by atoms with Crippen LogP contribution in [-0.4, -0.2) is 15.6 Å². The lowest BCUT2D eigenvalue weighted by molar-refractivity contribution is -0.120. The van der Waals surface area contributed by atoms with Gasteiger partial charge in [0.25, 0.3) is 15.6 Å². The minimum absolute atomic E-state index is 0.116. The number of hydrogen-bond acceptors (Lipinski definition) is 2. The van der Waals surface area contributed by atoms with Gasteiger partial charge in [0, 0.05) is 5.02 Å². The summed E-state index contributed by atoms with van der Waals surface area (Å²) >= 11 is 27.3. The van der Waals surface area contributed by atoms with Crippen LogP contribution in [-0.2, 0) is 4.79 Å². The number of rotatable bonds is 1. The van der Waals surface area contributed by atoms with Gasteiger partial charge >= 0.3 is 0 Å². The predicted octanol–water partition coefficient (Wildman–Crippen LogP) is 3.12. The predicted molar refractivity (Wildman–Crippen MR) is 72.4 cm³/mol. The van der Waals surface area contributed by atoms with Crippen molar-refractivity contribution in [3.8, 4) is 0 Å². The van der Waals surface area contributed by atoms with Gasteiger partial charge in [-0.15, -0.1) is 0 Å². The molecule has 1 aromatic carbocycles. The number of carbonyl (C=O) groups excluding carboxylic acids is 2. The number of alkyl halides is 3. The third kappa shape index (κ3) is 4.37. The van der Waals surface area contributed by atoms with Crippen molar-refractivity contribution in [1.82, 2.24) is 10.9 Å². The van der Waals surface area contributed by atoms with E-state index >= 15 is 0 Å². The van der Waals surface area contributed by atoms with E-state index in [1.807, 2.05) is 10.9 Å². The Morgan fingerprint density at radius 1 is 1.06 bits per heavy atom. The summed E-state index contributed by atoms with van der Waals surface area (Å²) in [5.74, 6) is -1.66. The van der Waals surface area contributed by atoms with Gasteiger partial charge in [0.1, 0.15) is 0 Å². The number of amides is 2. The number of hydrogen-bond donors (Lipinski definition) is 2. The highest BCUT2D eigenvalue weighted by molar-refractivity contribution is 6.76. The Hall–Kier alpha value is -0.390. The van der Waals surface area contributed by atoms with E-state index in [2.05, 4.69) is 0 Å². The quantitative estimate of drug-likeness (QED) is 0.604. The standard InChI is InChI=1S/C9H5Cl5N2O2/c10-4-1-2-5(6(11)3-4)7(17)15-16-8(18)9(12,13)14/h1-3H,(H,15,17)(H,16,18). The number of benzene rings is 1. The van der Waals surface area contributed by atoms with Gasteiger partial charge in [-0.05, 0) is 18.2 Å². The maximum atomic E-state index is 11.6. The summed E-state index contributed by atoms with van der Waals surface area (Å²) in [4.78, 5) is 22.8. The SMILES string of the molecule is O=C(NNC(=O)C(Cl)(Cl)Cl)c1ccc(Cl)cc1Cl.